The first-order chi connectivity index (χ1) is 10.2. The minimum Gasteiger partial charge on any atom is -0.487 e. The number of amides is 1. The number of para-hydroxylation sites is 1. The van der Waals surface area contributed by atoms with E-state index >= 15 is 0 Å². The fraction of sp³-hybridized carbons (Fsp3) is 0.400. The molecule has 21 heavy (non-hydrogen) atoms. The molecule has 0 aliphatic rings. The molecular weight excluding hydrogens is 268 g/mol. The second-order valence-corrected chi connectivity index (χ2v) is 4.76. The highest BCUT2D eigenvalue weighted by Gasteiger charge is 2.16. The first-order valence-electron chi connectivity index (χ1n) is 7.07. The summed E-state index contributed by atoms with van der Waals surface area (Å²) in [4.78, 5) is 11.9. The van der Waals surface area contributed by atoms with E-state index < -0.39 is 0 Å². The molecule has 0 aliphatic carbocycles. The molecule has 1 N–H and O–H groups in total. The quantitative estimate of drug-likeness (QED) is 0.845. The Balaban J connectivity index is 1.90. The van der Waals surface area contributed by atoms with Gasteiger partial charge in [0.1, 0.15) is 24.1 Å². The van der Waals surface area contributed by atoms with E-state index in [9.17, 15) is 4.79 Å². The third kappa shape index (κ3) is 4.30. The number of carbonyl (C=O) groups is 1. The van der Waals surface area contributed by atoms with Crippen LogP contribution in [-0.4, -0.2) is 27.4 Å². The van der Waals surface area contributed by atoms with Crippen molar-refractivity contribution in [1.29, 1.82) is 0 Å². The zero-order valence-corrected chi connectivity index (χ0v) is 12.3. The van der Waals surface area contributed by atoms with E-state index in [0.717, 1.165) is 12.2 Å². The summed E-state index contributed by atoms with van der Waals surface area (Å²) >= 11 is 0. The highest BCUT2D eigenvalue weighted by Crippen LogP contribution is 2.11. The number of benzene rings is 1. The molecule has 0 fully saturated rings. The number of nitrogens with one attached hydrogen (secondary N) is 1. The SMILES string of the molecule is CCCNC(=O)C(C)n1cc(COc2ccccc2)nn1. The molecule has 112 valence electrons. The van der Waals surface area contributed by atoms with Gasteiger partial charge in [-0.05, 0) is 25.5 Å². The summed E-state index contributed by atoms with van der Waals surface area (Å²) in [6, 6.07) is 9.13. The maximum absolute atomic E-state index is 11.9. The Morgan fingerprint density at radius 2 is 2.14 bits per heavy atom. The normalized spacial score (nSPS) is 11.9. The Labute approximate surface area is 124 Å². The number of aromatic nitrogens is 3. The Hall–Kier alpha value is -2.37. The van der Waals surface area contributed by atoms with Crippen LogP contribution in [0, 0.1) is 0 Å². The number of nitrogens with zero attached hydrogens (tertiary/aromatic N) is 3. The van der Waals surface area contributed by atoms with Crippen molar-refractivity contribution in [3.05, 3.63) is 42.2 Å². The summed E-state index contributed by atoms with van der Waals surface area (Å²) < 4.78 is 7.14. The molecule has 0 spiro atoms. The van der Waals surface area contributed by atoms with Crippen molar-refractivity contribution in [1.82, 2.24) is 20.3 Å². The highest BCUT2D eigenvalue weighted by atomic mass is 16.5. The van der Waals surface area contributed by atoms with Gasteiger partial charge in [-0.25, -0.2) is 4.68 Å². The minimum atomic E-state index is -0.380. The standard InChI is InChI=1S/C15H20N4O2/c1-3-9-16-15(20)12(2)19-10-13(17-18-19)11-21-14-7-5-4-6-8-14/h4-8,10,12H,3,9,11H2,1-2H3,(H,16,20). The van der Waals surface area contributed by atoms with Gasteiger partial charge in [-0.2, -0.15) is 0 Å². The molecule has 0 saturated heterocycles. The highest BCUT2D eigenvalue weighted by molar-refractivity contribution is 5.79. The Morgan fingerprint density at radius 1 is 1.38 bits per heavy atom. The largest absolute Gasteiger partial charge is 0.487 e. The number of hydrogen-bond donors (Lipinski definition) is 1. The van der Waals surface area contributed by atoms with E-state index in [1.165, 1.54) is 0 Å². The Bertz CT molecular complexity index is 568. The summed E-state index contributed by atoms with van der Waals surface area (Å²) in [7, 11) is 0. The van der Waals surface area contributed by atoms with Gasteiger partial charge < -0.3 is 10.1 Å². The summed E-state index contributed by atoms with van der Waals surface area (Å²) in [5.74, 6) is 0.720. The molecule has 1 aromatic carbocycles. The predicted octanol–water partition coefficient (Wildman–Crippen LogP) is 1.94. The average Bonchev–Trinajstić information content (AvgIpc) is 2.99. The van der Waals surface area contributed by atoms with Gasteiger partial charge in [0.15, 0.2) is 0 Å². The van der Waals surface area contributed by atoms with Crippen LogP contribution in [0.15, 0.2) is 36.5 Å². The first kappa shape index (κ1) is 15.0. The van der Waals surface area contributed by atoms with Crippen LogP contribution in [-0.2, 0) is 11.4 Å². The van der Waals surface area contributed by atoms with Crippen molar-refractivity contribution in [3.63, 3.8) is 0 Å². The van der Waals surface area contributed by atoms with Gasteiger partial charge in [-0.1, -0.05) is 30.3 Å². The van der Waals surface area contributed by atoms with Crippen LogP contribution in [0.4, 0.5) is 0 Å². The van der Waals surface area contributed by atoms with Crippen molar-refractivity contribution < 1.29 is 9.53 Å². The van der Waals surface area contributed by atoms with Crippen molar-refractivity contribution >= 4 is 5.91 Å². The molecule has 1 unspecified atom stereocenters. The lowest BCUT2D eigenvalue weighted by Gasteiger charge is -2.10. The fourth-order valence-electron chi connectivity index (χ4n) is 1.76. The van der Waals surface area contributed by atoms with Gasteiger partial charge in [0.25, 0.3) is 0 Å². The summed E-state index contributed by atoms with van der Waals surface area (Å²) in [6.07, 6.45) is 2.64. The zero-order valence-electron chi connectivity index (χ0n) is 12.3. The van der Waals surface area contributed by atoms with Crippen molar-refractivity contribution in [3.8, 4) is 5.75 Å². The van der Waals surface area contributed by atoms with E-state index in [1.54, 1.807) is 17.8 Å². The third-order valence-electron chi connectivity index (χ3n) is 3.01. The number of ether oxygens (including phenoxy) is 1. The molecule has 1 aromatic heterocycles. The lowest BCUT2D eigenvalue weighted by Crippen LogP contribution is -2.31. The molecule has 0 bridgehead atoms. The smallest absolute Gasteiger partial charge is 0.244 e. The third-order valence-corrected chi connectivity index (χ3v) is 3.01. The monoisotopic (exact) mass is 288 g/mol. The Morgan fingerprint density at radius 3 is 2.86 bits per heavy atom. The van der Waals surface area contributed by atoms with Gasteiger partial charge in [0.05, 0.1) is 6.20 Å². The average molecular weight is 288 g/mol. The molecule has 1 atom stereocenters. The molecule has 0 radical (unpaired) electrons. The van der Waals surface area contributed by atoms with Crippen LogP contribution in [0.5, 0.6) is 5.75 Å². The number of rotatable bonds is 7. The van der Waals surface area contributed by atoms with E-state index in [1.807, 2.05) is 37.3 Å². The van der Waals surface area contributed by atoms with Crippen LogP contribution < -0.4 is 10.1 Å². The van der Waals surface area contributed by atoms with Gasteiger partial charge in [-0.3, -0.25) is 4.79 Å². The Kier molecular flexibility index (Phi) is 5.31. The minimum absolute atomic E-state index is 0.0581. The first-order valence-corrected chi connectivity index (χ1v) is 7.07. The predicted molar refractivity (Wildman–Crippen MR) is 78.8 cm³/mol. The molecular formula is C15H20N4O2. The van der Waals surface area contributed by atoms with E-state index in [0.29, 0.717) is 18.8 Å². The van der Waals surface area contributed by atoms with Crippen LogP contribution in [0.1, 0.15) is 32.0 Å². The molecule has 1 amide bonds. The summed E-state index contributed by atoms with van der Waals surface area (Å²) in [5, 5.41) is 10.8. The van der Waals surface area contributed by atoms with Crippen molar-refractivity contribution in [2.75, 3.05) is 6.54 Å². The molecule has 1 heterocycles. The second-order valence-electron chi connectivity index (χ2n) is 4.76. The zero-order chi connectivity index (χ0) is 15.1. The molecule has 0 saturated carbocycles. The van der Waals surface area contributed by atoms with Crippen LogP contribution in [0.25, 0.3) is 0 Å². The molecule has 0 aliphatic heterocycles. The molecule has 6 heteroatoms. The van der Waals surface area contributed by atoms with Crippen LogP contribution in [0.2, 0.25) is 0 Å². The van der Waals surface area contributed by atoms with Crippen LogP contribution >= 0.6 is 0 Å². The van der Waals surface area contributed by atoms with Gasteiger partial charge in [0, 0.05) is 6.54 Å². The van der Waals surface area contributed by atoms with E-state index in [2.05, 4.69) is 15.6 Å². The summed E-state index contributed by atoms with van der Waals surface area (Å²) in [5.41, 5.74) is 0.689. The number of hydrogen-bond acceptors (Lipinski definition) is 4. The van der Waals surface area contributed by atoms with Crippen LogP contribution in [0.3, 0.4) is 0 Å². The second kappa shape index (κ2) is 7.42. The molecule has 6 nitrogen and oxygen atoms in total. The topological polar surface area (TPSA) is 69.0 Å². The maximum atomic E-state index is 11.9. The maximum Gasteiger partial charge on any atom is 0.244 e. The van der Waals surface area contributed by atoms with E-state index in [4.69, 9.17) is 4.74 Å². The molecule has 2 rings (SSSR count). The lowest BCUT2D eigenvalue weighted by molar-refractivity contribution is -0.124. The van der Waals surface area contributed by atoms with E-state index in [-0.39, 0.29) is 11.9 Å². The van der Waals surface area contributed by atoms with Gasteiger partial charge in [0.2, 0.25) is 5.91 Å². The van der Waals surface area contributed by atoms with Crippen molar-refractivity contribution in [2.24, 2.45) is 0 Å². The van der Waals surface area contributed by atoms with Gasteiger partial charge >= 0.3 is 0 Å². The summed E-state index contributed by atoms with van der Waals surface area (Å²) in [6.45, 7) is 4.80. The molecule has 2 aromatic rings. The fourth-order valence-corrected chi connectivity index (χ4v) is 1.76. The van der Waals surface area contributed by atoms with Crippen molar-refractivity contribution in [2.45, 2.75) is 32.9 Å². The lowest BCUT2D eigenvalue weighted by atomic mass is 10.3. The van der Waals surface area contributed by atoms with Gasteiger partial charge in [-0.15, -0.1) is 5.10 Å². The number of carbonyl (C=O) groups excluding carboxylic acids is 1.